The highest BCUT2D eigenvalue weighted by atomic mass is 16.2. The summed E-state index contributed by atoms with van der Waals surface area (Å²) in [6.45, 7) is 0.284. The smallest absolute Gasteiger partial charge is 0.238 e. The van der Waals surface area contributed by atoms with E-state index >= 15 is 0 Å². The van der Waals surface area contributed by atoms with Crippen LogP contribution in [0.25, 0.3) is 0 Å². The van der Waals surface area contributed by atoms with Gasteiger partial charge in [-0.15, -0.1) is 0 Å². The molecule has 0 saturated heterocycles. The van der Waals surface area contributed by atoms with Crippen LogP contribution < -0.4 is 10.6 Å². The Kier molecular flexibility index (Phi) is 5.88. The molecule has 23 heavy (non-hydrogen) atoms. The summed E-state index contributed by atoms with van der Waals surface area (Å²) >= 11 is 0. The third-order valence-corrected chi connectivity index (χ3v) is 3.14. The molecule has 0 saturated carbocycles. The van der Waals surface area contributed by atoms with E-state index < -0.39 is 0 Å². The van der Waals surface area contributed by atoms with Gasteiger partial charge < -0.3 is 15.5 Å². The number of nitrogens with zero attached hydrogens (tertiary/aromatic N) is 1. The minimum Gasteiger partial charge on any atom is -0.324 e. The summed E-state index contributed by atoms with van der Waals surface area (Å²) in [5.41, 5.74) is 2.14. The molecule has 2 N–H and O–H groups in total. The molecule has 0 spiro atoms. The number of anilines is 2. The Balaban J connectivity index is 2.02. The molecule has 2 aromatic carbocycles. The lowest BCUT2D eigenvalue weighted by Gasteiger charge is -2.14. The van der Waals surface area contributed by atoms with E-state index in [4.69, 9.17) is 0 Å². The van der Waals surface area contributed by atoms with Crippen molar-refractivity contribution in [2.45, 2.75) is 6.42 Å². The highest BCUT2D eigenvalue weighted by Gasteiger charge is 2.10. The van der Waals surface area contributed by atoms with Crippen LogP contribution in [0.5, 0.6) is 0 Å². The molecule has 0 aliphatic heterocycles. The quantitative estimate of drug-likeness (QED) is 0.861. The van der Waals surface area contributed by atoms with Crippen LogP contribution in [0, 0.1) is 0 Å². The van der Waals surface area contributed by atoms with Crippen LogP contribution in [0.2, 0.25) is 0 Å². The molecule has 0 heterocycles. The highest BCUT2D eigenvalue weighted by Crippen LogP contribution is 2.21. The van der Waals surface area contributed by atoms with E-state index in [-0.39, 0.29) is 18.4 Å². The third kappa shape index (κ3) is 5.56. The molecule has 2 amide bonds. The Morgan fingerprint density at radius 2 is 1.35 bits per heavy atom. The maximum absolute atomic E-state index is 12.2. The second-order valence-electron chi connectivity index (χ2n) is 5.54. The van der Waals surface area contributed by atoms with Crippen molar-refractivity contribution < 1.29 is 9.59 Å². The summed E-state index contributed by atoms with van der Waals surface area (Å²) in [6, 6.07) is 16.7. The number of para-hydroxylation sites is 2. The molecular weight excluding hydrogens is 290 g/mol. The minimum absolute atomic E-state index is 0.120. The van der Waals surface area contributed by atoms with E-state index in [9.17, 15) is 9.59 Å². The van der Waals surface area contributed by atoms with Gasteiger partial charge in [-0.2, -0.15) is 0 Å². The predicted molar refractivity (Wildman–Crippen MR) is 92.4 cm³/mol. The average Bonchev–Trinajstić information content (AvgIpc) is 2.49. The molecule has 0 radical (unpaired) electrons. The Bertz CT molecular complexity index is 669. The van der Waals surface area contributed by atoms with Gasteiger partial charge in [-0.1, -0.05) is 42.5 Å². The predicted octanol–water partition coefficient (Wildman–Crippen LogP) is 2.37. The first-order valence-electron chi connectivity index (χ1n) is 7.42. The number of carbonyl (C=O) groups is 2. The zero-order valence-electron chi connectivity index (χ0n) is 13.4. The highest BCUT2D eigenvalue weighted by molar-refractivity contribution is 6.00. The van der Waals surface area contributed by atoms with Crippen molar-refractivity contribution in [2.75, 3.05) is 31.3 Å². The zero-order chi connectivity index (χ0) is 16.7. The summed E-state index contributed by atoms with van der Waals surface area (Å²) in [4.78, 5) is 25.8. The van der Waals surface area contributed by atoms with Crippen molar-refractivity contribution in [3.63, 3.8) is 0 Å². The van der Waals surface area contributed by atoms with Crippen molar-refractivity contribution in [1.29, 1.82) is 0 Å². The first kappa shape index (κ1) is 16.7. The van der Waals surface area contributed by atoms with Crippen molar-refractivity contribution in [2.24, 2.45) is 0 Å². The zero-order valence-corrected chi connectivity index (χ0v) is 13.4. The molecule has 0 unspecified atom stereocenters. The van der Waals surface area contributed by atoms with Gasteiger partial charge in [0.15, 0.2) is 0 Å². The van der Waals surface area contributed by atoms with Crippen LogP contribution in [-0.4, -0.2) is 37.4 Å². The molecule has 5 nitrogen and oxygen atoms in total. The van der Waals surface area contributed by atoms with E-state index in [1.54, 1.807) is 17.0 Å². The first-order valence-corrected chi connectivity index (χ1v) is 7.42. The van der Waals surface area contributed by atoms with Gasteiger partial charge in [0.2, 0.25) is 11.8 Å². The Morgan fingerprint density at radius 1 is 0.826 bits per heavy atom. The van der Waals surface area contributed by atoms with Crippen LogP contribution in [0.3, 0.4) is 0 Å². The van der Waals surface area contributed by atoms with E-state index in [2.05, 4.69) is 10.6 Å². The van der Waals surface area contributed by atoms with Gasteiger partial charge in [0.1, 0.15) is 0 Å². The number of likely N-dealkylation sites (N-methyl/N-ethyl adjacent to an activating group) is 1. The summed E-state index contributed by atoms with van der Waals surface area (Å²) in [6.07, 6.45) is 0.292. The van der Waals surface area contributed by atoms with Crippen LogP contribution in [0.15, 0.2) is 54.6 Å². The van der Waals surface area contributed by atoms with Gasteiger partial charge in [-0.3, -0.25) is 9.59 Å². The van der Waals surface area contributed by atoms with E-state index in [1.165, 1.54) is 0 Å². The average molecular weight is 311 g/mol. The summed E-state index contributed by atoms with van der Waals surface area (Å²) in [5, 5.41) is 5.67. The normalized spacial score (nSPS) is 10.4. The number of amides is 2. The summed E-state index contributed by atoms with van der Waals surface area (Å²) in [5.74, 6) is -0.245. The topological polar surface area (TPSA) is 61.4 Å². The lowest BCUT2D eigenvalue weighted by atomic mass is 10.1. The van der Waals surface area contributed by atoms with Crippen LogP contribution >= 0.6 is 0 Å². The fraction of sp³-hybridized carbons (Fsp3) is 0.222. The third-order valence-electron chi connectivity index (χ3n) is 3.14. The number of carbonyl (C=O) groups excluding carboxylic acids is 2. The van der Waals surface area contributed by atoms with Crippen LogP contribution in [-0.2, 0) is 16.0 Å². The Morgan fingerprint density at radius 3 is 1.91 bits per heavy atom. The van der Waals surface area contributed by atoms with Crippen molar-refractivity contribution in [3.8, 4) is 0 Å². The Labute approximate surface area is 136 Å². The largest absolute Gasteiger partial charge is 0.324 e. The van der Waals surface area contributed by atoms with Crippen molar-refractivity contribution in [1.82, 2.24) is 4.90 Å². The fourth-order valence-corrected chi connectivity index (χ4v) is 2.15. The molecule has 0 fully saturated rings. The molecule has 0 aliphatic carbocycles. The number of hydrogen-bond acceptors (Lipinski definition) is 3. The summed E-state index contributed by atoms with van der Waals surface area (Å²) in [7, 11) is 3.65. The lowest BCUT2D eigenvalue weighted by Crippen LogP contribution is -2.27. The number of hydrogen-bond donors (Lipinski definition) is 2. The van der Waals surface area contributed by atoms with Crippen LogP contribution in [0.1, 0.15) is 5.56 Å². The summed E-state index contributed by atoms with van der Waals surface area (Å²) < 4.78 is 0. The van der Waals surface area contributed by atoms with Crippen LogP contribution in [0.4, 0.5) is 11.4 Å². The number of rotatable bonds is 6. The first-order chi connectivity index (χ1) is 11.0. The maximum Gasteiger partial charge on any atom is 0.238 e. The lowest BCUT2D eigenvalue weighted by molar-refractivity contribution is -0.117. The van der Waals surface area contributed by atoms with Gasteiger partial charge in [-0.05, 0) is 31.8 Å². The van der Waals surface area contributed by atoms with Crippen molar-refractivity contribution in [3.05, 3.63) is 60.2 Å². The monoisotopic (exact) mass is 311 g/mol. The van der Waals surface area contributed by atoms with Gasteiger partial charge in [0.05, 0.1) is 24.3 Å². The molecule has 120 valence electrons. The van der Waals surface area contributed by atoms with Gasteiger partial charge in [-0.25, -0.2) is 0 Å². The van der Waals surface area contributed by atoms with Gasteiger partial charge >= 0.3 is 0 Å². The van der Waals surface area contributed by atoms with E-state index in [0.29, 0.717) is 17.8 Å². The molecule has 2 aromatic rings. The SMILES string of the molecule is CN(C)CC(=O)Nc1ccccc1NC(=O)Cc1ccccc1. The standard InChI is InChI=1S/C18H21N3O2/c1-21(2)13-18(23)20-16-11-7-6-10-15(16)19-17(22)12-14-8-4-3-5-9-14/h3-11H,12-13H2,1-2H3,(H,19,22)(H,20,23). The van der Waals surface area contributed by atoms with Crippen molar-refractivity contribution >= 4 is 23.2 Å². The van der Waals surface area contributed by atoms with Gasteiger partial charge in [0.25, 0.3) is 0 Å². The molecule has 0 atom stereocenters. The minimum atomic E-state index is -0.125. The van der Waals surface area contributed by atoms with E-state index in [1.807, 2.05) is 56.6 Å². The second kappa shape index (κ2) is 8.10. The molecule has 0 aliphatic rings. The number of nitrogens with one attached hydrogen (secondary N) is 2. The second-order valence-corrected chi connectivity index (χ2v) is 5.54. The molecule has 5 heteroatoms. The molecule has 0 bridgehead atoms. The molecule has 2 rings (SSSR count). The van der Waals surface area contributed by atoms with Gasteiger partial charge in [0, 0.05) is 0 Å². The van der Waals surface area contributed by atoms with E-state index in [0.717, 1.165) is 5.56 Å². The Hall–Kier alpha value is -2.66. The fourth-order valence-electron chi connectivity index (χ4n) is 2.15. The molecular formula is C18H21N3O2. The molecule has 0 aromatic heterocycles. The maximum atomic E-state index is 12.2. The number of benzene rings is 2.